The predicted molar refractivity (Wildman–Crippen MR) is 157 cm³/mol. The molecule has 230 valence electrons. The Morgan fingerprint density at radius 1 is 1.10 bits per heavy atom. The number of aliphatic hydroxyl groups excluding tert-OH is 4. The topological polar surface area (TPSA) is 151 Å². The molecule has 7 atom stereocenters. The number of nitrogens with one attached hydrogen (secondary N) is 1. The minimum Gasteiger partial charge on any atom is -0.488 e. The van der Waals surface area contributed by atoms with Gasteiger partial charge in [0.25, 0.3) is 0 Å². The molecule has 1 aliphatic heterocycles. The van der Waals surface area contributed by atoms with Crippen molar-refractivity contribution < 1.29 is 39.4 Å². The summed E-state index contributed by atoms with van der Waals surface area (Å²) in [4.78, 5) is 15.7. The number of ether oxygens (including phenoxy) is 4. The maximum atomic E-state index is 12.5. The molecule has 1 aliphatic rings. The zero-order valence-corrected chi connectivity index (χ0v) is 25.4. The Morgan fingerprint density at radius 2 is 1.78 bits per heavy atom. The van der Waals surface area contributed by atoms with E-state index in [0.717, 1.165) is 28.8 Å². The van der Waals surface area contributed by atoms with E-state index in [1.807, 2.05) is 46.8 Å². The highest BCUT2D eigenvalue weighted by Crippen LogP contribution is 2.28. The molecule has 1 fully saturated rings. The van der Waals surface area contributed by atoms with Gasteiger partial charge in [-0.3, -0.25) is 4.79 Å². The second-order valence-electron chi connectivity index (χ2n) is 10.5. The highest BCUT2D eigenvalue weighted by molar-refractivity contribution is 5.40. The number of aromatic amines is 1. The van der Waals surface area contributed by atoms with Gasteiger partial charge in [0, 0.05) is 23.6 Å². The van der Waals surface area contributed by atoms with Crippen LogP contribution in [0.1, 0.15) is 52.3 Å². The van der Waals surface area contributed by atoms with Gasteiger partial charge in [-0.15, -0.1) is 0 Å². The molecule has 0 spiro atoms. The molecule has 10 heteroatoms. The Bertz CT molecular complexity index is 1180. The van der Waals surface area contributed by atoms with E-state index in [-0.39, 0.29) is 17.1 Å². The van der Waals surface area contributed by atoms with Gasteiger partial charge in [-0.1, -0.05) is 48.5 Å². The van der Waals surface area contributed by atoms with Crippen molar-refractivity contribution in [3.8, 4) is 11.6 Å². The zero-order valence-electron chi connectivity index (χ0n) is 25.4. The third kappa shape index (κ3) is 8.88. The molecule has 2 rings (SSSR count). The average Bonchev–Trinajstić information content (AvgIpc) is 2.95. The summed E-state index contributed by atoms with van der Waals surface area (Å²) in [6.45, 7) is 11.0. The normalized spacial score (nSPS) is 25.9. The second-order valence-corrected chi connectivity index (χ2v) is 10.5. The van der Waals surface area contributed by atoms with Crippen LogP contribution in [0, 0.1) is 12.8 Å². The lowest BCUT2D eigenvalue weighted by Crippen LogP contribution is -2.60. The van der Waals surface area contributed by atoms with Gasteiger partial charge in [0.2, 0.25) is 17.1 Å². The van der Waals surface area contributed by atoms with Crippen LogP contribution in [0.2, 0.25) is 0 Å². The van der Waals surface area contributed by atoms with Crippen LogP contribution >= 0.6 is 0 Å². The molecule has 2 heterocycles. The van der Waals surface area contributed by atoms with E-state index in [2.05, 4.69) is 23.2 Å². The summed E-state index contributed by atoms with van der Waals surface area (Å²) in [5, 5.41) is 40.1. The SMILES string of the molecule is CC=C(C)[C@H](O[C@@H]1O[C@H](CO)[C@H](O)[C@@H](O)[C@H]1O)[C@@H](C)C=C(C)C=CCC(C)=CCc1[nH]c(OC)c(OC)c(=O)c1C. The number of allylic oxidation sites excluding steroid dienone is 6. The molecule has 0 amide bonds. The van der Waals surface area contributed by atoms with Gasteiger partial charge in [0.1, 0.15) is 24.4 Å². The Hall–Kier alpha value is -2.73. The third-order valence-electron chi connectivity index (χ3n) is 7.39. The fraction of sp³-hybridized carbons (Fsp3) is 0.581. The predicted octanol–water partition coefficient (Wildman–Crippen LogP) is 2.87. The highest BCUT2D eigenvalue weighted by Gasteiger charge is 2.45. The molecule has 1 aromatic heterocycles. The molecule has 0 bridgehead atoms. The highest BCUT2D eigenvalue weighted by atomic mass is 16.7. The van der Waals surface area contributed by atoms with Crippen LogP contribution in [-0.4, -0.2) is 83.0 Å². The Morgan fingerprint density at radius 3 is 2.37 bits per heavy atom. The molecule has 5 N–H and O–H groups in total. The van der Waals surface area contributed by atoms with E-state index in [0.29, 0.717) is 17.9 Å². The van der Waals surface area contributed by atoms with E-state index < -0.39 is 43.4 Å². The van der Waals surface area contributed by atoms with Gasteiger partial charge in [0.15, 0.2) is 6.29 Å². The first-order valence-electron chi connectivity index (χ1n) is 13.8. The van der Waals surface area contributed by atoms with Crippen LogP contribution in [0.3, 0.4) is 0 Å². The first-order chi connectivity index (χ1) is 19.4. The molecule has 0 saturated carbocycles. The summed E-state index contributed by atoms with van der Waals surface area (Å²) in [5.41, 5.74) is 4.21. The molecule has 41 heavy (non-hydrogen) atoms. The molecule has 0 aliphatic carbocycles. The minimum atomic E-state index is -1.50. The number of pyridine rings is 1. The van der Waals surface area contributed by atoms with Crippen LogP contribution in [0.25, 0.3) is 0 Å². The van der Waals surface area contributed by atoms with Crippen LogP contribution in [0.15, 0.2) is 51.9 Å². The van der Waals surface area contributed by atoms with Gasteiger partial charge in [-0.05, 0) is 46.6 Å². The van der Waals surface area contributed by atoms with Crippen molar-refractivity contribution in [3.63, 3.8) is 0 Å². The number of hydrogen-bond acceptors (Lipinski definition) is 9. The van der Waals surface area contributed by atoms with Crippen LogP contribution in [-0.2, 0) is 15.9 Å². The average molecular weight is 578 g/mol. The summed E-state index contributed by atoms with van der Waals surface area (Å²) >= 11 is 0. The number of aliphatic hydroxyl groups is 4. The lowest BCUT2D eigenvalue weighted by atomic mass is 9.94. The molecular weight excluding hydrogens is 530 g/mol. The third-order valence-corrected chi connectivity index (χ3v) is 7.39. The van der Waals surface area contributed by atoms with Crippen molar-refractivity contribution in [1.29, 1.82) is 0 Å². The molecule has 0 radical (unpaired) electrons. The second kappa shape index (κ2) is 16.1. The van der Waals surface area contributed by atoms with Crippen molar-refractivity contribution in [2.45, 2.75) is 91.2 Å². The van der Waals surface area contributed by atoms with Crippen molar-refractivity contribution >= 4 is 0 Å². The van der Waals surface area contributed by atoms with Gasteiger partial charge >= 0.3 is 0 Å². The lowest BCUT2D eigenvalue weighted by molar-refractivity contribution is -0.310. The number of hydrogen-bond donors (Lipinski definition) is 5. The van der Waals surface area contributed by atoms with Crippen molar-refractivity contribution in [2.24, 2.45) is 5.92 Å². The minimum absolute atomic E-state index is 0.121. The fourth-order valence-electron chi connectivity index (χ4n) is 4.71. The van der Waals surface area contributed by atoms with Crippen molar-refractivity contribution in [1.82, 2.24) is 4.98 Å². The van der Waals surface area contributed by atoms with E-state index in [1.54, 1.807) is 6.92 Å². The molecule has 10 nitrogen and oxygen atoms in total. The van der Waals surface area contributed by atoms with Gasteiger partial charge < -0.3 is 44.4 Å². The lowest BCUT2D eigenvalue weighted by Gasteiger charge is -2.41. The van der Waals surface area contributed by atoms with E-state index in [4.69, 9.17) is 18.9 Å². The quantitative estimate of drug-likeness (QED) is 0.176. The standard InChI is InChI=1S/C31H47NO9/c1-9-19(4)28(41-31-27(37)26(36)25(35)23(16-33)40-31)20(5)15-18(3)12-10-11-17(2)13-14-22-21(6)24(34)29(38-7)30(32-22)39-8/h9-10,12-13,15,20,23,25-28,31,33,35-37H,11,14,16H2,1-8H3,(H,32,34)/t20-,23+,25-,26+,27+,28-,31-/m0/s1. The molecular formula is C31H47NO9. The largest absolute Gasteiger partial charge is 0.488 e. The summed E-state index contributed by atoms with van der Waals surface area (Å²) in [6.07, 6.45) is 4.24. The Balaban J connectivity index is 2.08. The van der Waals surface area contributed by atoms with Crippen LogP contribution in [0.4, 0.5) is 0 Å². The molecule has 0 unspecified atom stereocenters. The van der Waals surface area contributed by atoms with Crippen LogP contribution in [0.5, 0.6) is 11.6 Å². The maximum Gasteiger partial charge on any atom is 0.238 e. The van der Waals surface area contributed by atoms with E-state index >= 15 is 0 Å². The number of methoxy groups -OCH3 is 2. The summed E-state index contributed by atoms with van der Waals surface area (Å²) in [6, 6.07) is 0. The summed E-state index contributed by atoms with van der Waals surface area (Å²) in [7, 11) is 2.92. The number of rotatable bonds is 13. The summed E-state index contributed by atoms with van der Waals surface area (Å²) < 4.78 is 22.1. The first kappa shape index (κ1) is 34.5. The smallest absolute Gasteiger partial charge is 0.238 e. The van der Waals surface area contributed by atoms with Gasteiger partial charge in [-0.25, -0.2) is 0 Å². The monoisotopic (exact) mass is 577 g/mol. The van der Waals surface area contributed by atoms with E-state index in [1.165, 1.54) is 14.2 Å². The van der Waals surface area contributed by atoms with Gasteiger partial charge in [-0.2, -0.15) is 0 Å². The maximum absolute atomic E-state index is 12.5. The summed E-state index contributed by atoms with van der Waals surface area (Å²) in [5.74, 6) is 0.352. The Kier molecular flexibility index (Phi) is 13.5. The number of H-pyrrole nitrogens is 1. The molecule has 1 aromatic rings. The van der Waals surface area contributed by atoms with Crippen LogP contribution < -0.4 is 14.9 Å². The molecule has 0 aromatic carbocycles. The van der Waals surface area contributed by atoms with Crippen molar-refractivity contribution in [3.05, 3.63) is 68.6 Å². The first-order valence-corrected chi connectivity index (χ1v) is 13.8. The van der Waals surface area contributed by atoms with Gasteiger partial charge in [0.05, 0.1) is 26.9 Å². The molecule has 1 saturated heterocycles. The van der Waals surface area contributed by atoms with Crippen molar-refractivity contribution in [2.75, 3.05) is 20.8 Å². The fourth-order valence-corrected chi connectivity index (χ4v) is 4.71. The van der Waals surface area contributed by atoms with E-state index in [9.17, 15) is 25.2 Å². The zero-order chi connectivity index (χ0) is 30.9. The Labute approximate surface area is 242 Å². The number of aromatic nitrogens is 1.